The van der Waals surface area contributed by atoms with Crippen molar-refractivity contribution < 1.29 is 4.79 Å². The van der Waals surface area contributed by atoms with Crippen molar-refractivity contribution in [3.05, 3.63) is 61.3 Å². The molecule has 0 aliphatic rings. The van der Waals surface area contributed by atoms with E-state index in [9.17, 15) is 14.4 Å². The quantitative estimate of drug-likeness (QED) is 0.616. The molecule has 0 unspecified atom stereocenters. The lowest BCUT2D eigenvalue weighted by Gasteiger charge is -2.10. The Balaban J connectivity index is 1.88. The van der Waals surface area contributed by atoms with Crippen LogP contribution in [0.4, 0.5) is 5.82 Å². The van der Waals surface area contributed by atoms with Crippen molar-refractivity contribution in [2.24, 2.45) is 14.1 Å². The van der Waals surface area contributed by atoms with E-state index in [-0.39, 0.29) is 22.9 Å². The highest BCUT2D eigenvalue weighted by atomic mass is 79.9. The second-order valence-electron chi connectivity index (χ2n) is 5.22. The molecule has 3 aromatic rings. The number of hydrogen-bond acceptors (Lipinski definition) is 6. The molecule has 0 atom stereocenters. The number of halogens is 1. The number of carbonyl (C=O) groups is 1. The fraction of sp³-hybridized carbons (Fsp3) is 0.133. The minimum absolute atomic E-state index is 0.0208. The first kappa shape index (κ1) is 16.8. The van der Waals surface area contributed by atoms with E-state index in [1.165, 1.54) is 24.9 Å². The lowest BCUT2D eigenvalue weighted by Crippen LogP contribution is -2.38. The zero-order valence-electron chi connectivity index (χ0n) is 13.3. The summed E-state index contributed by atoms with van der Waals surface area (Å²) in [6.45, 7) is 0. The normalized spacial score (nSPS) is 10.7. The molecule has 0 spiro atoms. The number of carbonyl (C=O) groups excluding carboxylic acids is 1. The monoisotopic (exact) mass is 404 g/mol. The molecule has 3 rings (SSSR count). The number of anilines is 1. The maximum atomic E-state index is 12.2. The predicted molar refractivity (Wildman–Crippen MR) is 95.3 cm³/mol. The third-order valence-electron chi connectivity index (χ3n) is 3.56. The van der Waals surface area contributed by atoms with Gasteiger partial charge in [0, 0.05) is 24.1 Å². The smallest absolute Gasteiger partial charge is 0.280 e. The molecular formula is C15H13BrN6O3. The Labute approximate surface area is 149 Å². The fourth-order valence-corrected chi connectivity index (χ4v) is 2.45. The maximum Gasteiger partial charge on any atom is 0.332 e. The van der Waals surface area contributed by atoms with E-state index >= 15 is 0 Å². The summed E-state index contributed by atoms with van der Waals surface area (Å²) in [4.78, 5) is 44.3. The van der Waals surface area contributed by atoms with Gasteiger partial charge < -0.3 is 0 Å². The molecule has 0 bridgehead atoms. The molecule has 2 aromatic heterocycles. The first-order chi connectivity index (χ1) is 11.9. The van der Waals surface area contributed by atoms with E-state index < -0.39 is 11.2 Å². The zero-order chi connectivity index (χ0) is 18.1. The highest BCUT2D eigenvalue weighted by molar-refractivity contribution is 9.10. The van der Waals surface area contributed by atoms with Gasteiger partial charge in [-0.25, -0.2) is 14.8 Å². The lowest BCUT2D eigenvalue weighted by atomic mass is 10.2. The van der Waals surface area contributed by atoms with Gasteiger partial charge in [0.25, 0.3) is 11.5 Å². The maximum absolute atomic E-state index is 12.2. The summed E-state index contributed by atoms with van der Waals surface area (Å²) >= 11 is 3.30. The third-order valence-corrected chi connectivity index (χ3v) is 4.09. The van der Waals surface area contributed by atoms with Gasteiger partial charge in [-0.3, -0.25) is 29.6 Å². The van der Waals surface area contributed by atoms with Crippen LogP contribution in [0.5, 0.6) is 0 Å². The van der Waals surface area contributed by atoms with Crippen LogP contribution in [0, 0.1) is 0 Å². The summed E-state index contributed by atoms with van der Waals surface area (Å²) in [5.41, 5.74) is 4.67. The van der Waals surface area contributed by atoms with Crippen LogP contribution in [-0.4, -0.2) is 25.0 Å². The van der Waals surface area contributed by atoms with E-state index in [0.29, 0.717) is 5.56 Å². The number of nitrogens with one attached hydrogen (secondary N) is 2. The van der Waals surface area contributed by atoms with Crippen molar-refractivity contribution >= 4 is 38.8 Å². The number of hydrogen-bond donors (Lipinski definition) is 2. The largest absolute Gasteiger partial charge is 0.332 e. The van der Waals surface area contributed by atoms with Crippen LogP contribution in [0.25, 0.3) is 11.2 Å². The van der Waals surface area contributed by atoms with Gasteiger partial charge in [0.15, 0.2) is 17.0 Å². The van der Waals surface area contributed by atoms with Gasteiger partial charge in [0.1, 0.15) is 0 Å². The number of fused-ring (bicyclic) bond motifs is 1. The molecule has 0 saturated heterocycles. The van der Waals surface area contributed by atoms with Crippen LogP contribution >= 0.6 is 15.9 Å². The highest BCUT2D eigenvalue weighted by Crippen LogP contribution is 2.10. The molecule has 0 fully saturated rings. The van der Waals surface area contributed by atoms with Crippen LogP contribution in [0.1, 0.15) is 10.4 Å². The Kier molecular flexibility index (Phi) is 4.36. The molecule has 10 heteroatoms. The molecule has 9 nitrogen and oxygen atoms in total. The number of aromatic nitrogens is 4. The fourth-order valence-electron chi connectivity index (χ4n) is 2.19. The van der Waals surface area contributed by atoms with Crippen molar-refractivity contribution in [2.45, 2.75) is 0 Å². The van der Waals surface area contributed by atoms with Crippen molar-refractivity contribution in [3.63, 3.8) is 0 Å². The first-order valence-electron chi connectivity index (χ1n) is 7.13. The molecule has 25 heavy (non-hydrogen) atoms. The van der Waals surface area contributed by atoms with Crippen LogP contribution < -0.4 is 22.1 Å². The number of amides is 1. The van der Waals surface area contributed by atoms with E-state index in [1.54, 1.807) is 24.3 Å². The molecule has 2 heterocycles. The standard InChI is InChI=1S/C15H13BrN6O3/c1-21-12-11(14(24)22(2)15(21)25)18-10(7-17-12)19-20-13(23)8-3-5-9(16)6-4-8/h3-7H,1-2H3,(H,18,19)(H,20,23). The lowest BCUT2D eigenvalue weighted by molar-refractivity contribution is 0.0962. The van der Waals surface area contributed by atoms with Gasteiger partial charge in [0.05, 0.1) is 6.20 Å². The minimum atomic E-state index is -0.562. The number of hydrazine groups is 1. The van der Waals surface area contributed by atoms with Crippen molar-refractivity contribution in [1.29, 1.82) is 0 Å². The average molecular weight is 405 g/mol. The second-order valence-corrected chi connectivity index (χ2v) is 6.13. The number of rotatable bonds is 3. The molecule has 0 saturated carbocycles. The number of aryl methyl sites for hydroxylation is 1. The third kappa shape index (κ3) is 3.15. The minimum Gasteiger partial charge on any atom is -0.280 e. The molecule has 1 amide bonds. The summed E-state index contributed by atoms with van der Waals surface area (Å²) in [5.74, 6) is -0.198. The van der Waals surface area contributed by atoms with Crippen molar-refractivity contribution in [2.75, 3.05) is 5.43 Å². The molecule has 128 valence electrons. The number of nitrogens with zero attached hydrogens (tertiary/aromatic N) is 4. The van der Waals surface area contributed by atoms with Gasteiger partial charge >= 0.3 is 5.69 Å². The topological polar surface area (TPSA) is 111 Å². The first-order valence-corrected chi connectivity index (χ1v) is 7.92. The van der Waals surface area contributed by atoms with Gasteiger partial charge in [-0.15, -0.1) is 0 Å². The van der Waals surface area contributed by atoms with Gasteiger partial charge in [-0.05, 0) is 24.3 Å². The molecule has 2 N–H and O–H groups in total. The molecule has 0 radical (unpaired) electrons. The average Bonchev–Trinajstić information content (AvgIpc) is 2.63. The van der Waals surface area contributed by atoms with E-state index in [2.05, 4.69) is 36.7 Å². The summed E-state index contributed by atoms with van der Waals surface area (Å²) in [7, 11) is 2.86. The summed E-state index contributed by atoms with van der Waals surface area (Å²) in [6, 6.07) is 6.79. The van der Waals surface area contributed by atoms with Crippen molar-refractivity contribution in [1.82, 2.24) is 24.5 Å². The molecule has 0 aliphatic carbocycles. The van der Waals surface area contributed by atoms with Crippen LogP contribution in [0.15, 0.2) is 44.5 Å². The Morgan fingerprint density at radius 3 is 2.48 bits per heavy atom. The Morgan fingerprint density at radius 2 is 1.80 bits per heavy atom. The molecular weight excluding hydrogens is 392 g/mol. The zero-order valence-corrected chi connectivity index (χ0v) is 14.9. The van der Waals surface area contributed by atoms with Crippen LogP contribution in [-0.2, 0) is 14.1 Å². The molecule has 1 aromatic carbocycles. The SMILES string of the molecule is Cn1c(=O)c2nc(NNC(=O)c3ccc(Br)cc3)cnc2n(C)c1=O. The Bertz CT molecular complexity index is 1090. The van der Waals surface area contributed by atoms with Crippen LogP contribution in [0.2, 0.25) is 0 Å². The molecule has 0 aliphatic heterocycles. The van der Waals surface area contributed by atoms with E-state index in [0.717, 1.165) is 9.04 Å². The van der Waals surface area contributed by atoms with Gasteiger partial charge in [-0.1, -0.05) is 15.9 Å². The van der Waals surface area contributed by atoms with Crippen LogP contribution in [0.3, 0.4) is 0 Å². The highest BCUT2D eigenvalue weighted by Gasteiger charge is 2.12. The van der Waals surface area contributed by atoms with Gasteiger partial charge in [-0.2, -0.15) is 0 Å². The Morgan fingerprint density at radius 1 is 1.12 bits per heavy atom. The predicted octanol–water partition coefficient (Wildman–Crippen LogP) is 0.547. The van der Waals surface area contributed by atoms with E-state index in [4.69, 9.17) is 0 Å². The van der Waals surface area contributed by atoms with Crippen molar-refractivity contribution in [3.8, 4) is 0 Å². The Hall–Kier alpha value is -3.01. The second kappa shape index (κ2) is 6.48. The number of benzene rings is 1. The summed E-state index contributed by atoms with van der Waals surface area (Å²) < 4.78 is 3.04. The summed E-state index contributed by atoms with van der Waals surface area (Å²) in [6.07, 6.45) is 1.32. The van der Waals surface area contributed by atoms with E-state index in [1.807, 2.05) is 0 Å². The summed E-state index contributed by atoms with van der Waals surface area (Å²) in [5, 5.41) is 0. The van der Waals surface area contributed by atoms with Gasteiger partial charge in [0.2, 0.25) is 0 Å².